The van der Waals surface area contributed by atoms with Crippen molar-refractivity contribution < 1.29 is 19.4 Å². The molecule has 0 spiro atoms. The largest absolute Gasteiger partial charge is 0.507 e. The van der Waals surface area contributed by atoms with E-state index in [9.17, 15) is 9.90 Å². The number of nitrogens with two attached hydrogens (primary N) is 2. The van der Waals surface area contributed by atoms with Crippen LogP contribution >= 0.6 is 0 Å². The number of carbonyl (C=O) groups excluding carboxylic acids is 1. The zero-order valence-corrected chi connectivity index (χ0v) is 18.2. The first kappa shape index (κ1) is 21.5. The van der Waals surface area contributed by atoms with Crippen LogP contribution in [0.1, 0.15) is 41.3 Å². The van der Waals surface area contributed by atoms with Crippen LogP contribution in [-0.4, -0.2) is 29.2 Å². The van der Waals surface area contributed by atoms with Crippen molar-refractivity contribution in [3.05, 3.63) is 65.2 Å². The van der Waals surface area contributed by atoms with E-state index in [1.807, 2.05) is 38.1 Å². The molecular formula is C25H27N3O4. The second-order valence-corrected chi connectivity index (χ2v) is 8.35. The molecular weight excluding hydrogens is 406 g/mol. The van der Waals surface area contributed by atoms with E-state index in [0.717, 1.165) is 40.5 Å². The first-order chi connectivity index (χ1) is 15.3. The van der Waals surface area contributed by atoms with Crippen molar-refractivity contribution in [3.63, 3.8) is 0 Å². The third-order valence-electron chi connectivity index (χ3n) is 5.97. The summed E-state index contributed by atoms with van der Waals surface area (Å²) in [5, 5.41) is 12.3. The standard InChI is InChI=1S/C25H27N3O4/c1-15-18-10-11-25(2,32-22(18)20-9-4-3-8-19(20)21(15)29)12-13-31-23(30)16-6-5-7-17(14-16)28-24(26)27/h3-9,14,29H,10-13H2,1-2H3,(H4,26,27,28). The van der Waals surface area contributed by atoms with Gasteiger partial charge in [0.15, 0.2) is 5.96 Å². The van der Waals surface area contributed by atoms with E-state index >= 15 is 0 Å². The van der Waals surface area contributed by atoms with Gasteiger partial charge in [-0.05, 0) is 50.5 Å². The highest BCUT2D eigenvalue weighted by Crippen LogP contribution is 2.45. The number of guanidine groups is 1. The normalized spacial score (nSPS) is 17.3. The first-order valence-corrected chi connectivity index (χ1v) is 10.6. The lowest BCUT2D eigenvalue weighted by Crippen LogP contribution is -2.38. The number of hydrogen-bond acceptors (Lipinski definition) is 5. The fourth-order valence-electron chi connectivity index (χ4n) is 4.14. The Bertz CT molecular complexity index is 1220. The lowest BCUT2D eigenvalue weighted by molar-refractivity contribution is 0.0191. The molecule has 0 saturated carbocycles. The van der Waals surface area contributed by atoms with Crippen molar-refractivity contribution in [2.75, 3.05) is 6.61 Å². The highest BCUT2D eigenvalue weighted by molar-refractivity contribution is 5.96. The van der Waals surface area contributed by atoms with Crippen molar-refractivity contribution in [1.82, 2.24) is 0 Å². The number of phenols is 1. The summed E-state index contributed by atoms with van der Waals surface area (Å²) in [5.74, 6) is 0.599. The maximum Gasteiger partial charge on any atom is 0.338 e. The number of aromatic hydroxyl groups is 1. The molecule has 0 saturated heterocycles. The molecule has 1 aliphatic heterocycles. The number of benzene rings is 3. The Morgan fingerprint density at radius 2 is 1.94 bits per heavy atom. The predicted molar refractivity (Wildman–Crippen MR) is 125 cm³/mol. The summed E-state index contributed by atoms with van der Waals surface area (Å²) in [5.41, 5.74) is 13.1. The topological polar surface area (TPSA) is 120 Å². The van der Waals surface area contributed by atoms with Crippen LogP contribution in [0.3, 0.4) is 0 Å². The second kappa shape index (κ2) is 8.42. The van der Waals surface area contributed by atoms with Crippen LogP contribution in [-0.2, 0) is 11.2 Å². The molecule has 7 nitrogen and oxygen atoms in total. The number of ether oxygens (including phenoxy) is 2. The molecule has 0 amide bonds. The summed E-state index contributed by atoms with van der Waals surface area (Å²) in [4.78, 5) is 16.4. The van der Waals surface area contributed by atoms with Gasteiger partial charge in [-0.15, -0.1) is 0 Å². The number of hydrogen-bond donors (Lipinski definition) is 3. The van der Waals surface area contributed by atoms with E-state index in [2.05, 4.69) is 4.99 Å². The van der Waals surface area contributed by atoms with E-state index in [0.29, 0.717) is 23.4 Å². The monoisotopic (exact) mass is 433 g/mol. The van der Waals surface area contributed by atoms with E-state index in [1.165, 1.54) is 0 Å². The Morgan fingerprint density at radius 1 is 1.19 bits per heavy atom. The first-order valence-electron chi connectivity index (χ1n) is 10.6. The minimum Gasteiger partial charge on any atom is -0.507 e. The molecule has 0 aromatic heterocycles. The maximum atomic E-state index is 12.5. The number of aliphatic imine (C=N–C) groups is 1. The number of carbonyl (C=O) groups is 1. The maximum absolute atomic E-state index is 12.5. The molecule has 1 atom stereocenters. The number of nitrogens with zero attached hydrogens (tertiary/aromatic N) is 1. The van der Waals surface area contributed by atoms with Crippen LogP contribution < -0.4 is 16.2 Å². The highest BCUT2D eigenvalue weighted by Gasteiger charge is 2.34. The van der Waals surface area contributed by atoms with Gasteiger partial charge in [0.2, 0.25) is 0 Å². The molecule has 1 unspecified atom stereocenters. The van der Waals surface area contributed by atoms with Gasteiger partial charge in [0.25, 0.3) is 0 Å². The van der Waals surface area contributed by atoms with Crippen molar-refractivity contribution in [2.45, 2.75) is 38.7 Å². The molecule has 1 heterocycles. The molecule has 3 aromatic carbocycles. The Kier molecular flexibility index (Phi) is 5.65. The minimum absolute atomic E-state index is 0.0748. The molecule has 32 heavy (non-hydrogen) atoms. The van der Waals surface area contributed by atoms with Crippen LogP contribution in [0.2, 0.25) is 0 Å². The van der Waals surface area contributed by atoms with Gasteiger partial charge in [0.1, 0.15) is 17.1 Å². The molecule has 7 heteroatoms. The van der Waals surface area contributed by atoms with Crippen LogP contribution in [0.5, 0.6) is 11.5 Å². The van der Waals surface area contributed by atoms with Crippen molar-refractivity contribution in [2.24, 2.45) is 16.5 Å². The summed E-state index contributed by atoms with van der Waals surface area (Å²) in [6.07, 6.45) is 2.08. The van der Waals surface area contributed by atoms with E-state index < -0.39 is 11.6 Å². The number of rotatable bonds is 5. The van der Waals surface area contributed by atoms with Gasteiger partial charge < -0.3 is 26.0 Å². The number of phenolic OH excluding ortho intramolecular Hbond substituents is 1. The molecule has 1 aliphatic rings. The van der Waals surface area contributed by atoms with Crippen LogP contribution in [0, 0.1) is 6.92 Å². The Hall–Kier alpha value is -3.74. The molecule has 4 rings (SSSR count). The summed E-state index contributed by atoms with van der Waals surface area (Å²) < 4.78 is 12.0. The van der Waals surface area contributed by atoms with Gasteiger partial charge in [-0.3, -0.25) is 0 Å². The third kappa shape index (κ3) is 4.19. The van der Waals surface area contributed by atoms with Crippen molar-refractivity contribution in [3.8, 4) is 11.5 Å². The molecule has 0 fully saturated rings. The SMILES string of the molecule is Cc1c2c(c3ccccc3c1O)OC(C)(CCOC(=O)c1cccc(N=C(N)N)c1)CC2. The van der Waals surface area contributed by atoms with E-state index in [-0.39, 0.29) is 12.6 Å². The summed E-state index contributed by atoms with van der Waals surface area (Å²) in [6.45, 7) is 4.16. The number of fused-ring (bicyclic) bond motifs is 3. The van der Waals surface area contributed by atoms with E-state index in [1.54, 1.807) is 24.3 Å². The minimum atomic E-state index is -0.487. The average Bonchev–Trinajstić information content (AvgIpc) is 2.77. The molecule has 3 aromatic rings. The smallest absolute Gasteiger partial charge is 0.338 e. The van der Waals surface area contributed by atoms with Crippen LogP contribution in [0.25, 0.3) is 10.8 Å². The van der Waals surface area contributed by atoms with Crippen LogP contribution in [0.15, 0.2) is 53.5 Å². The fourth-order valence-corrected chi connectivity index (χ4v) is 4.14. The van der Waals surface area contributed by atoms with Crippen molar-refractivity contribution >= 4 is 28.4 Å². The van der Waals surface area contributed by atoms with Gasteiger partial charge in [0.05, 0.1) is 17.9 Å². The molecule has 0 radical (unpaired) electrons. The summed E-state index contributed by atoms with van der Waals surface area (Å²) >= 11 is 0. The van der Waals surface area contributed by atoms with Gasteiger partial charge in [0, 0.05) is 22.8 Å². The zero-order chi connectivity index (χ0) is 22.9. The quantitative estimate of drug-likeness (QED) is 0.317. The lowest BCUT2D eigenvalue weighted by atomic mass is 9.86. The van der Waals surface area contributed by atoms with Crippen LogP contribution in [0.4, 0.5) is 5.69 Å². The molecule has 0 bridgehead atoms. The summed E-state index contributed by atoms with van der Waals surface area (Å²) in [7, 11) is 0. The van der Waals surface area contributed by atoms with E-state index in [4.69, 9.17) is 20.9 Å². The molecule has 0 aliphatic carbocycles. The van der Waals surface area contributed by atoms with Gasteiger partial charge >= 0.3 is 5.97 Å². The van der Waals surface area contributed by atoms with Gasteiger partial charge in [-0.25, -0.2) is 9.79 Å². The Labute approximate surface area is 186 Å². The summed E-state index contributed by atoms with van der Waals surface area (Å²) in [6, 6.07) is 14.3. The van der Waals surface area contributed by atoms with Gasteiger partial charge in [-0.1, -0.05) is 30.3 Å². The molecule has 166 valence electrons. The number of esters is 1. The Balaban J connectivity index is 1.47. The third-order valence-corrected chi connectivity index (χ3v) is 5.97. The van der Waals surface area contributed by atoms with Gasteiger partial charge in [-0.2, -0.15) is 0 Å². The average molecular weight is 434 g/mol. The fraction of sp³-hybridized carbons (Fsp3) is 0.280. The zero-order valence-electron chi connectivity index (χ0n) is 18.2. The molecule has 5 N–H and O–H groups in total. The Morgan fingerprint density at radius 3 is 2.69 bits per heavy atom. The highest BCUT2D eigenvalue weighted by atomic mass is 16.5. The lowest BCUT2D eigenvalue weighted by Gasteiger charge is -2.37. The predicted octanol–water partition coefficient (Wildman–Crippen LogP) is 4.09. The van der Waals surface area contributed by atoms with Crippen molar-refractivity contribution in [1.29, 1.82) is 0 Å². The second-order valence-electron chi connectivity index (χ2n) is 8.35.